The van der Waals surface area contributed by atoms with Crippen LogP contribution in [0, 0.1) is 17.3 Å². The molecule has 0 unspecified atom stereocenters. The third-order valence-corrected chi connectivity index (χ3v) is 6.89. The van der Waals surface area contributed by atoms with Gasteiger partial charge in [0.2, 0.25) is 0 Å². The van der Waals surface area contributed by atoms with Crippen LogP contribution in [-0.4, -0.2) is 24.8 Å². The summed E-state index contributed by atoms with van der Waals surface area (Å²) in [5.41, 5.74) is 0.259. The van der Waals surface area contributed by atoms with Crippen molar-refractivity contribution in [2.24, 2.45) is 17.3 Å². The van der Waals surface area contributed by atoms with E-state index in [0.717, 1.165) is 63.6 Å². The van der Waals surface area contributed by atoms with E-state index in [2.05, 4.69) is 13.8 Å². The Morgan fingerprint density at radius 1 is 0.875 bits per heavy atom. The summed E-state index contributed by atoms with van der Waals surface area (Å²) < 4.78 is 12.8. The van der Waals surface area contributed by atoms with Crippen LogP contribution in [0.15, 0.2) is 0 Å². The lowest BCUT2D eigenvalue weighted by molar-refractivity contribution is -0.320. The molecule has 1 saturated heterocycles. The molecule has 0 atom stereocenters. The van der Waals surface area contributed by atoms with Crippen molar-refractivity contribution in [3.63, 3.8) is 0 Å². The SMILES string of the molecule is CCCC1(CCC)COC2(CCC(C3CCC(=O)CC3)CC2)OC1. The minimum Gasteiger partial charge on any atom is -0.349 e. The lowest BCUT2D eigenvalue weighted by Gasteiger charge is -2.50. The molecule has 3 aliphatic rings. The van der Waals surface area contributed by atoms with Gasteiger partial charge in [-0.1, -0.05) is 26.7 Å². The van der Waals surface area contributed by atoms with Gasteiger partial charge in [0, 0.05) is 31.1 Å². The Hall–Kier alpha value is -0.410. The summed E-state index contributed by atoms with van der Waals surface area (Å²) in [6.07, 6.45) is 13.3. The molecular formula is C21H36O3. The van der Waals surface area contributed by atoms with E-state index in [1.165, 1.54) is 38.5 Å². The zero-order chi connectivity index (χ0) is 17.0. The number of ketones is 1. The van der Waals surface area contributed by atoms with E-state index in [-0.39, 0.29) is 11.2 Å². The number of rotatable bonds is 5. The monoisotopic (exact) mass is 336 g/mol. The maximum absolute atomic E-state index is 11.5. The summed E-state index contributed by atoms with van der Waals surface area (Å²) in [5.74, 6) is 1.74. The number of carbonyl (C=O) groups excluding carboxylic acids is 1. The van der Waals surface area contributed by atoms with Crippen LogP contribution in [0.5, 0.6) is 0 Å². The fraction of sp³-hybridized carbons (Fsp3) is 0.952. The number of carbonyl (C=O) groups is 1. The van der Waals surface area contributed by atoms with Gasteiger partial charge in [0.1, 0.15) is 5.78 Å². The summed E-state index contributed by atoms with van der Waals surface area (Å²) in [6.45, 7) is 6.30. The molecule has 24 heavy (non-hydrogen) atoms. The van der Waals surface area contributed by atoms with Crippen molar-refractivity contribution in [3.05, 3.63) is 0 Å². The standard InChI is InChI=1S/C21H36O3/c1-3-11-20(12-4-2)15-23-21(24-16-20)13-9-18(10-14-21)17-5-7-19(22)8-6-17/h17-18H,3-16H2,1-2H3. The van der Waals surface area contributed by atoms with Crippen LogP contribution in [0.2, 0.25) is 0 Å². The molecule has 0 aromatic carbocycles. The van der Waals surface area contributed by atoms with E-state index in [9.17, 15) is 4.79 Å². The van der Waals surface area contributed by atoms with Crippen molar-refractivity contribution in [1.29, 1.82) is 0 Å². The first-order valence-electron chi connectivity index (χ1n) is 10.4. The highest BCUT2D eigenvalue weighted by molar-refractivity contribution is 5.79. The summed E-state index contributed by atoms with van der Waals surface area (Å²) in [7, 11) is 0. The van der Waals surface area contributed by atoms with E-state index in [4.69, 9.17) is 9.47 Å². The van der Waals surface area contributed by atoms with Gasteiger partial charge in [-0.15, -0.1) is 0 Å². The lowest BCUT2D eigenvalue weighted by atomic mass is 9.71. The van der Waals surface area contributed by atoms with Crippen molar-refractivity contribution in [2.75, 3.05) is 13.2 Å². The molecule has 1 heterocycles. The van der Waals surface area contributed by atoms with E-state index in [0.29, 0.717) is 5.78 Å². The van der Waals surface area contributed by atoms with Gasteiger partial charge in [-0.3, -0.25) is 4.79 Å². The fourth-order valence-electron chi connectivity index (χ4n) is 5.40. The van der Waals surface area contributed by atoms with Crippen molar-refractivity contribution in [1.82, 2.24) is 0 Å². The predicted octanol–water partition coefficient (Wildman–Crippen LogP) is 5.27. The van der Waals surface area contributed by atoms with Crippen LogP contribution >= 0.6 is 0 Å². The average molecular weight is 337 g/mol. The minimum atomic E-state index is -0.286. The van der Waals surface area contributed by atoms with Crippen LogP contribution in [0.25, 0.3) is 0 Å². The maximum Gasteiger partial charge on any atom is 0.168 e. The highest BCUT2D eigenvalue weighted by atomic mass is 16.7. The second-order valence-corrected chi connectivity index (χ2v) is 8.70. The predicted molar refractivity (Wildman–Crippen MR) is 95.8 cm³/mol. The second kappa shape index (κ2) is 7.86. The van der Waals surface area contributed by atoms with Crippen molar-refractivity contribution in [3.8, 4) is 0 Å². The summed E-state index contributed by atoms with van der Waals surface area (Å²) in [5, 5.41) is 0. The number of Topliss-reactive ketones (excluding diaryl/α,β-unsaturated/α-hetero) is 1. The van der Waals surface area contributed by atoms with Gasteiger partial charge in [0.05, 0.1) is 13.2 Å². The second-order valence-electron chi connectivity index (χ2n) is 8.70. The molecule has 3 fully saturated rings. The van der Waals surface area contributed by atoms with E-state index in [1.54, 1.807) is 0 Å². The Morgan fingerprint density at radius 3 is 1.88 bits per heavy atom. The fourth-order valence-corrected chi connectivity index (χ4v) is 5.40. The first kappa shape index (κ1) is 18.4. The Balaban J connectivity index is 1.50. The van der Waals surface area contributed by atoms with Crippen LogP contribution in [0.4, 0.5) is 0 Å². The number of hydrogen-bond acceptors (Lipinski definition) is 3. The lowest BCUT2D eigenvalue weighted by Crippen LogP contribution is -2.51. The van der Waals surface area contributed by atoms with Gasteiger partial charge >= 0.3 is 0 Å². The summed E-state index contributed by atoms with van der Waals surface area (Å²) in [6, 6.07) is 0. The molecule has 0 bridgehead atoms. The molecule has 2 saturated carbocycles. The summed E-state index contributed by atoms with van der Waals surface area (Å²) >= 11 is 0. The smallest absolute Gasteiger partial charge is 0.168 e. The molecule has 2 aliphatic carbocycles. The van der Waals surface area contributed by atoms with Gasteiger partial charge in [0.15, 0.2) is 5.79 Å². The molecule has 3 heteroatoms. The van der Waals surface area contributed by atoms with Gasteiger partial charge in [0.25, 0.3) is 0 Å². The molecule has 3 rings (SSSR count). The molecule has 1 spiro atoms. The molecule has 3 nitrogen and oxygen atoms in total. The van der Waals surface area contributed by atoms with Crippen LogP contribution < -0.4 is 0 Å². The quantitative estimate of drug-likeness (QED) is 0.686. The number of hydrogen-bond donors (Lipinski definition) is 0. The molecule has 0 aromatic heterocycles. The third kappa shape index (κ3) is 4.04. The minimum absolute atomic E-state index is 0.259. The van der Waals surface area contributed by atoms with E-state index in [1.807, 2.05) is 0 Å². The maximum atomic E-state index is 11.5. The van der Waals surface area contributed by atoms with Gasteiger partial charge in [-0.25, -0.2) is 0 Å². The van der Waals surface area contributed by atoms with Crippen molar-refractivity contribution in [2.45, 2.75) is 96.7 Å². The van der Waals surface area contributed by atoms with Gasteiger partial charge < -0.3 is 9.47 Å². The molecule has 1 aliphatic heterocycles. The molecule has 0 aromatic rings. The van der Waals surface area contributed by atoms with E-state index >= 15 is 0 Å². The molecule has 138 valence electrons. The van der Waals surface area contributed by atoms with E-state index < -0.39 is 0 Å². The molecule has 0 N–H and O–H groups in total. The highest BCUT2D eigenvalue weighted by Crippen LogP contribution is 2.47. The zero-order valence-corrected chi connectivity index (χ0v) is 15.8. The normalized spacial score (nSPS) is 28.3. The van der Waals surface area contributed by atoms with Crippen LogP contribution in [-0.2, 0) is 14.3 Å². The first-order valence-corrected chi connectivity index (χ1v) is 10.4. The third-order valence-electron chi connectivity index (χ3n) is 6.89. The Morgan fingerprint density at radius 2 is 1.38 bits per heavy atom. The molecule has 0 radical (unpaired) electrons. The van der Waals surface area contributed by atoms with Crippen LogP contribution in [0.1, 0.15) is 90.9 Å². The molecule has 0 amide bonds. The van der Waals surface area contributed by atoms with Crippen molar-refractivity contribution < 1.29 is 14.3 Å². The van der Waals surface area contributed by atoms with Crippen molar-refractivity contribution >= 4 is 5.78 Å². The number of ether oxygens (including phenoxy) is 2. The van der Waals surface area contributed by atoms with Gasteiger partial charge in [-0.2, -0.15) is 0 Å². The largest absolute Gasteiger partial charge is 0.349 e. The Bertz CT molecular complexity index is 395. The average Bonchev–Trinajstić information content (AvgIpc) is 2.60. The first-order chi connectivity index (χ1) is 11.6. The topological polar surface area (TPSA) is 35.5 Å². The van der Waals surface area contributed by atoms with Crippen LogP contribution in [0.3, 0.4) is 0 Å². The Kier molecular flexibility index (Phi) is 6.02. The zero-order valence-electron chi connectivity index (χ0n) is 15.8. The summed E-state index contributed by atoms with van der Waals surface area (Å²) in [4.78, 5) is 11.5. The Labute approximate surface area is 147 Å². The highest BCUT2D eigenvalue weighted by Gasteiger charge is 2.46. The van der Waals surface area contributed by atoms with Gasteiger partial charge in [-0.05, 0) is 50.4 Å². The molecular weight excluding hydrogens is 300 g/mol.